The van der Waals surface area contributed by atoms with Crippen molar-refractivity contribution < 1.29 is 0 Å². The Morgan fingerprint density at radius 3 is 2.13 bits per heavy atom. The molecular formula is C58H44N4. The van der Waals surface area contributed by atoms with E-state index < -0.39 is 0 Å². The molecule has 10 aromatic rings. The van der Waals surface area contributed by atoms with Crippen LogP contribution in [0.15, 0.2) is 219 Å². The molecule has 0 radical (unpaired) electrons. The highest BCUT2D eigenvalue weighted by molar-refractivity contribution is 6.23. The first-order valence-electron chi connectivity index (χ1n) is 21.3. The summed E-state index contributed by atoms with van der Waals surface area (Å²) in [6.07, 6.45) is 9.50. The number of rotatable bonds is 5. The molecule has 296 valence electrons. The Kier molecular flexibility index (Phi) is 9.01. The zero-order valence-electron chi connectivity index (χ0n) is 34.8. The van der Waals surface area contributed by atoms with Gasteiger partial charge < -0.3 is 4.90 Å². The third-order valence-corrected chi connectivity index (χ3v) is 12.5. The average molecular weight is 797 g/mol. The van der Waals surface area contributed by atoms with Crippen molar-refractivity contribution in [3.8, 4) is 39.5 Å². The molecule has 0 bridgehead atoms. The third kappa shape index (κ3) is 6.31. The summed E-state index contributed by atoms with van der Waals surface area (Å²) in [5, 5.41) is 5.73. The van der Waals surface area contributed by atoms with E-state index in [4.69, 9.17) is 9.97 Å². The maximum Gasteiger partial charge on any atom is 0.235 e. The molecule has 0 saturated heterocycles. The van der Waals surface area contributed by atoms with Crippen molar-refractivity contribution in [3.63, 3.8) is 0 Å². The van der Waals surface area contributed by atoms with Gasteiger partial charge in [-0.2, -0.15) is 0 Å². The highest BCUT2D eigenvalue weighted by Gasteiger charge is 2.28. The first kappa shape index (κ1) is 37.2. The normalized spacial score (nSPS) is 14.9. The average Bonchev–Trinajstić information content (AvgIpc) is 3.67. The van der Waals surface area contributed by atoms with Gasteiger partial charge in [0, 0.05) is 38.7 Å². The fourth-order valence-corrected chi connectivity index (χ4v) is 9.42. The van der Waals surface area contributed by atoms with E-state index in [9.17, 15) is 0 Å². The lowest BCUT2D eigenvalue weighted by Gasteiger charge is -2.34. The molecule has 2 aromatic heterocycles. The van der Waals surface area contributed by atoms with Crippen LogP contribution in [0.4, 0.5) is 11.4 Å². The van der Waals surface area contributed by atoms with Crippen LogP contribution >= 0.6 is 0 Å². The van der Waals surface area contributed by atoms with Gasteiger partial charge in [0.05, 0.1) is 27.9 Å². The minimum Gasteiger partial charge on any atom is -0.311 e. The Balaban J connectivity index is 1.21. The SMILES string of the molecule is C=C1/C=C\C=C/CC(C)(C)c2ccc(-c3cccc4c5c6ccccc6ccc5n(-c5nc(-c6cccc(-c7ccccc7)c6)c6ccccc6n5)c34)cc2N1c1ccccc1. The molecular weight excluding hydrogens is 753 g/mol. The maximum atomic E-state index is 5.57. The molecule has 0 N–H and O–H groups in total. The lowest BCUT2D eigenvalue weighted by molar-refractivity contribution is 0.534. The van der Waals surface area contributed by atoms with E-state index in [2.05, 4.69) is 236 Å². The predicted octanol–water partition coefficient (Wildman–Crippen LogP) is 15.3. The van der Waals surface area contributed by atoms with Crippen molar-refractivity contribution in [2.24, 2.45) is 0 Å². The van der Waals surface area contributed by atoms with Gasteiger partial charge in [-0.15, -0.1) is 0 Å². The van der Waals surface area contributed by atoms with Crippen LogP contribution in [0.1, 0.15) is 25.8 Å². The van der Waals surface area contributed by atoms with E-state index in [1.54, 1.807) is 0 Å². The Labute approximate surface area is 362 Å². The van der Waals surface area contributed by atoms with Crippen molar-refractivity contribution >= 4 is 54.9 Å². The van der Waals surface area contributed by atoms with Crippen LogP contribution in [-0.2, 0) is 5.41 Å². The summed E-state index contributed by atoms with van der Waals surface area (Å²) in [5.74, 6) is 0.628. The standard InChI is InChI=1S/C58H44N4/c1-39-19-7-6-16-36-58(2,3)50-34-32-43(38-53(50)61(39)45-25-10-5-11-26-45)47-29-18-30-49-54-46-27-13-12-22-41(46)33-35-52(54)62(56(47)49)57-59-51-31-15-14-28-48(51)55(60-57)44-24-17-23-42(37-44)40-20-8-4-9-21-40/h4-35,37-38H,1,36H2,2-3H3/b16-6-,19-7-. The number of para-hydroxylation sites is 3. The number of hydrogen-bond acceptors (Lipinski definition) is 3. The van der Waals surface area contributed by atoms with Crippen LogP contribution in [0, 0.1) is 0 Å². The van der Waals surface area contributed by atoms with Gasteiger partial charge in [0.2, 0.25) is 5.95 Å². The molecule has 11 rings (SSSR count). The monoisotopic (exact) mass is 796 g/mol. The predicted molar refractivity (Wildman–Crippen MR) is 261 cm³/mol. The van der Waals surface area contributed by atoms with Gasteiger partial charge in [-0.05, 0) is 87.3 Å². The minimum absolute atomic E-state index is 0.157. The number of benzene rings is 8. The van der Waals surface area contributed by atoms with Crippen LogP contribution in [0.5, 0.6) is 0 Å². The fraction of sp³-hybridized carbons (Fsp3) is 0.0690. The molecule has 4 heteroatoms. The zero-order valence-corrected chi connectivity index (χ0v) is 34.8. The summed E-state index contributed by atoms with van der Waals surface area (Å²) in [6.45, 7) is 9.29. The number of anilines is 2. The highest BCUT2D eigenvalue weighted by atomic mass is 15.2. The smallest absolute Gasteiger partial charge is 0.235 e. The van der Waals surface area contributed by atoms with E-state index in [-0.39, 0.29) is 5.41 Å². The van der Waals surface area contributed by atoms with E-state index in [0.717, 1.165) is 78.8 Å². The van der Waals surface area contributed by atoms with Crippen molar-refractivity contribution in [2.45, 2.75) is 25.7 Å². The molecule has 0 unspecified atom stereocenters. The van der Waals surface area contributed by atoms with Crippen LogP contribution in [-0.4, -0.2) is 14.5 Å². The molecule has 1 aliphatic rings. The number of hydrogen-bond donors (Lipinski definition) is 0. The van der Waals surface area contributed by atoms with E-state index in [0.29, 0.717) is 5.95 Å². The molecule has 0 saturated carbocycles. The van der Waals surface area contributed by atoms with Crippen LogP contribution in [0.2, 0.25) is 0 Å². The van der Waals surface area contributed by atoms with Crippen molar-refractivity contribution in [2.75, 3.05) is 4.90 Å². The fourth-order valence-electron chi connectivity index (χ4n) is 9.42. The molecule has 3 heterocycles. The molecule has 0 amide bonds. The van der Waals surface area contributed by atoms with Gasteiger partial charge in [-0.1, -0.05) is 184 Å². The van der Waals surface area contributed by atoms with Gasteiger partial charge in [0.25, 0.3) is 0 Å². The Morgan fingerprint density at radius 2 is 1.27 bits per heavy atom. The number of allylic oxidation sites excluding steroid dienone is 4. The first-order valence-corrected chi connectivity index (χ1v) is 21.3. The number of nitrogens with zero attached hydrogens (tertiary/aromatic N) is 4. The minimum atomic E-state index is -0.157. The molecule has 0 aliphatic carbocycles. The third-order valence-electron chi connectivity index (χ3n) is 12.5. The van der Waals surface area contributed by atoms with Gasteiger partial charge >= 0.3 is 0 Å². The second-order valence-electron chi connectivity index (χ2n) is 16.8. The zero-order chi connectivity index (χ0) is 41.8. The molecule has 0 spiro atoms. The van der Waals surface area contributed by atoms with Gasteiger partial charge in [0.15, 0.2) is 0 Å². The summed E-state index contributed by atoms with van der Waals surface area (Å²) >= 11 is 0. The van der Waals surface area contributed by atoms with Gasteiger partial charge in [0.1, 0.15) is 0 Å². The van der Waals surface area contributed by atoms with Crippen molar-refractivity contribution in [1.29, 1.82) is 0 Å². The first-order chi connectivity index (χ1) is 30.4. The van der Waals surface area contributed by atoms with Crippen LogP contribution < -0.4 is 4.90 Å². The summed E-state index contributed by atoms with van der Waals surface area (Å²) in [6, 6.07) is 65.1. The summed E-state index contributed by atoms with van der Waals surface area (Å²) in [5.41, 5.74) is 13.6. The topological polar surface area (TPSA) is 34.0 Å². The lowest BCUT2D eigenvalue weighted by atomic mass is 9.79. The van der Waals surface area contributed by atoms with E-state index >= 15 is 0 Å². The summed E-state index contributed by atoms with van der Waals surface area (Å²) in [4.78, 5) is 13.3. The number of fused-ring (bicyclic) bond motifs is 7. The summed E-state index contributed by atoms with van der Waals surface area (Å²) < 4.78 is 2.31. The second kappa shape index (κ2) is 15.0. The van der Waals surface area contributed by atoms with Crippen molar-refractivity contribution in [1.82, 2.24) is 14.5 Å². The highest BCUT2D eigenvalue weighted by Crippen LogP contribution is 2.46. The number of aromatic nitrogens is 3. The molecule has 1 aliphatic heterocycles. The second-order valence-corrected chi connectivity index (χ2v) is 16.8. The molecule has 0 fully saturated rings. The largest absolute Gasteiger partial charge is 0.311 e. The van der Waals surface area contributed by atoms with E-state index in [1.165, 1.54) is 27.3 Å². The van der Waals surface area contributed by atoms with Gasteiger partial charge in [-0.25, -0.2) is 9.97 Å². The Bertz CT molecular complexity index is 3430. The molecule has 8 aromatic carbocycles. The molecule has 4 nitrogen and oxygen atoms in total. The molecule has 0 atom stereocenters. The Morgan fingerprint density at radius 1 is 0.565 bits per heavy atom. The molecule has 62 heavy (non-hydrogen) atoms. The van der Waals surface area contributed by atoms with Crippen LogP contribution in [0.25, 0.3) is 82.9 Å². The van der Waals surface area contributed by atoms with Crippen molar-refractivity contribution in [3.05, 3.63) is 224 Å². The summed E-state index contributed by atoms with van der Waals surface area (Å²) in [7, 11) is 0. The Hall–Kier alpha value is -7.82. The van der Waals surface area contributed by atoms with Crippen LogP contribution in [0.3, 0.4) is 0 Å². The quantitative estimate of drug-likeness (QED) is 0.174. The lowest BCUT2D eigenvalue weighted by Crippen LogP contribution is -2.23. The van der Waals surface area contributed by atoms with E-state index in [1.807, 2.05) is 0 Å². The van der Waals surface area contributed by atoms with Gasteiger partial charge in [-0.3, -0.25) is 4.57 Å². The maximum absolute atomic E-state index is 5.57.